The van der Waals surface area contributed by atoms with Crippen LogP contribution in [0.5, 0.6) is 0 Å². The van der Waals surface area contributed by atoms with E-state index >= 15 is 0 Å². The number of hydrogen-bond acceptors (Lipinski definition) is 3. The molecule has 40 valence electrons. The maximum Gasteiger partial charge on any atom is 2.00 e. The molecule has 7 heteroatoms. The van der Waals surface area contributed by atoms with Gasteiger partial charge < -0.3 is 19.2 Å². The van der Waals surface area contributed by atoms with Gasteiger partial charge in [0, 0.05) is 0 Å². The first-order chi connectivity index (χ1) is 2.00. The topological polar surface area (TPSA) is 83.4 Å². The van der Waals surface area contributed by atoms with Crippen molar-refractivity contribution in [3.63, 3.8) is 0 Å². The van der Waals surface area contributed by atoms with Gasteiger partial charge in [-0.05, 0) is 0 Å². The summed E-state index contributed by atoms with van der Waals surface area (Å²) in [7, 11) is -5.14. The van der Waals surface area contributed by atoms with E-state index in [-0.39, 0.29) is 51.2 Å². The van der Waals surface area contributed by atoms with Crippen LogP contribution in [-0.2, 0) is 4.57 Å². The van der Waals surface area contributed by atoms with Gasteiger partial charge >= 0.3 is 37.7 Å². The summed E-state index contributed by atoms with van der Waals surface area (Å²) in [5, 5.41) is 0. The quantitative estimate of drug-likeness (QED) is 0.323. The second-order valence-corrected chi connectivity index (χ2v) is 1.41. The van der Waals surface area contributed by atoms with E-state index in [0.717, 1.165) is 0 Å². The van der Waals surface area contributed by atoms with Gasteiger partial charge in [-0.25, -0.2) is 0 Å². The summed E-state index contributed by atoms with van der Waals surface area (Å²) in [6, 6.07) is 0. The molecule has 0 atom stereocenters. The first-order valence-electron chi connectivity index (χ1n) is 0.748. The normalized spacial score (nSPS) is 8.43. The fourth-order valence-corrected chi connectivity index (χ4v) is 0. The maximum atomic E-state index is 8.66. The summed E-state index contributed by atoms with van der Waals surface area (Å²) in [5.41, 5.74) is 0. The molecule has 0 saturated carbocycles. The molecule has 0 fully saturated rings. The molecule has 0 aliphatic heterocycles. The summed E-state index contributed by atoms with van der Waals surface area (Å²) >= 11 is 0. The van der Waals surface area contributed by atoms with Crippen LogP contribution in [0.4, 0.5) is 0 Å². The molecule has 0 aromatic rings. The van der Waals surface area contributed by atoms with E-state index in [1.165, 1.54) is 0 Å². The number of rotatable bonds is 0. The Hall–Kier alpha value is 1.72. The average Bonchev–Trinajstić information content (AvgIpc) is 0.722. The van der Waals surface area contributed by atoms with Crippen LogP contribution in [0.25, 0.3) is 0 Å². The van der Waals surface area contributed by atoms with Crippen molar-refractivity contribution in [1.82, 2.24) is 0 Å². The smallest absolute Gasteiger partial charge is 0.790 e. The molecule has 0 aromatic carbocycles. The minimum atomic E-state index is -5.14. The van der Waals surface area contributed by atoms with Crippen LogP contribution in [0.15, 0.2) is 0 Å². The Labute approximate surface area is 77.6 Å². The van der Waals surface area contributed by atoms with Gasteiger partial charge in [-0.3, -0.25) is 0 Å². The van der Waals surface area contributed by atoms with Crippen LogP contribution < -0.4 is 9.79 Å². The van der Waals surface area contributed by atoms with E-state index in [1.54, 1.807) is 0 Å². The second kappa shape index (κ2) is 5.85. The molecular weight excluding hydrogens is 167 g/mol. The van der Waals surface area contributed by atoms with Crippen molar-refractivity contribution in [3.05, 3.63) is 0 Å². The molecular formula is H3CaO4PS. The molecule has 0 radical (unpaired) electrons. The standard InChI is InChI=1S/Ca.H3O4P.H2S/c;1-5(2,3)4;/h;(H3,1,2,3,4);1H2/q+2;;/p-2. The number of hydrogen-bond donors (Lipinski definition) is 1. The van der Waals surface area contributed by atoms with Gasteiger partial charge in [0.2, 0.25) is 0 Å². The molecule has 0 bridgehead atoms. The monoisotopic (exact) mass is 170 g/mol. The van der Waals surface area contributed by atoms with E-state index in [9.17, 15) is 0 Å². The molecule has 7 heavy (non-hydrogen) atoms. The Bertz CT molecular complexity index is 57.8. The average molecular weight is 170 g/mol. The summed E-state index contributed by atoms with van der Waals surface area (Å²) in [4.78, 5) is 24.3. The minimum absolute atomic E-state index is 0. The van der Waals surface area contributed by atoms with Crippen molar-refractivity contribution >= 4 is 59.1 Å². The van der Waals surface area contributed by atoms with E-state index in [2.05, 4.69) is 0 Å². The van der Waals surface area contributed by atoms with Crippen molar-refractivity contribution in [2.45, 2.75) is 0 Å². The Kier molecular flexibility index (Phi) is 13.3. The van der Waals surface area contributed by atoms with Crippen molar-refractivity contribution in [1.29, 1.82) is 0 Å². The Balaban J connectivity index is -0.0000000800. The second-order valence-electron chi connectivity index (χ2n) is 0.469. The summed E-state index contributed by atoms with van der Waals surface area (Å²) in [6.07, 6.45) is 0. The molecule has 0 amide bonds. The largest absolute Gasteiger partial charge is 2.00 e. The fourth-order valence-electron chi connectivity index (χ4n) is 0. The first kappa shape index (κ1) is 15.9. The van der Waals surface area contributed by atoms with Crippen molar-refractivity contribution in [3.8, 4) is 0 Å². The van der Waals surface area contributed by atoms with Crippen molar-refractivity contribution in [2.24, 2.45) is 0 Å². The van der Waals surface area contributed by atoms with Gasteiger partial charge in [-0.15, -0.1) is 0 Å². The molecule has 1 N–H and O–H groups in total. The molecule has 0 aliphatic rings. The predicted octanol–water partition coefficient (Wildman–Crippen LogP) is -2.46. The van der Waals surface area contributed by atoms with Crippen LogP contribution in [0.3, 0.4) is 0 Å². The summed E-state index contributed by atoms with van der Waals surface area (Å²) in [6.45, 7) is 0. The number of phosphoric acid groups is 1. The Morgan fingerprint density at radius 1 is 1.43 bits per heavy atom. The van der Waals surface area contributed by atoms with Crippen molar-refractivity contribution in [2.75, 3.05) is 0 Å². The third-order valence-electron chi connectivity index (χ3n) is 0. The van der Waals surface area contributed by atoms with E-state index < -0.39 is 7.82 Å². The van der Waals surface area contributed by atoms with Gasteiger partial charge in [-0.2, -0.15) is 13.5 Å². The zero-order chi connectivity index (χ0) is 4.50. The summed E-state index contributed by atoms with van der Waals surface area (Å²) in [5.74, 6) is 0. The third-order valence-corrected chi connectivity index (χ3v) is 0. The van der Waals surface area contributed by atoms with Crippen LogP contribution in [-0.4, -0.2) is 42.6 Å². The molecule has 4 nitrogen and oxygen atoms in total. The fraction of sp³-hybridized carbons (Fsp3) is 0. The molecule has 0 rings (SSSR count). The molecule has 0 aliphatic carbocycles. The Morgan fingerprint density at radius 2 is 1.43 bits per heavy atom. The Morgan fingerprint density at radius 3 is 1.43 bits per heavy atom. The van der Waals surface area contributed by atoms with E-state index in [0.29, 0.717) is 0 Å². The van der Waals surface area contributed by atoms with E-state index in [1.807, 2.05) is 0 Å². The van der Waals surface area contributed by atoms with Gasteiger partial charge in [-0.1, -0.05) is 0 Å². The first-order valence-corrected chi connectivity index (χ1v) is 2.24. The van der Waals surface area contributed by atoms with E-state index in [4.69, 9.17) is 19.2 Å². The van der Waals surface area contributed by atoms with Crippen LogP contribution in [0.1, 0.15) is 0 Å². The molecule has 0 unspecified atom stereocenters. The van der Waals surface area contributed by atoms with Crippen LogP contribution in [0.2, 0.25) is 0 Å². The predicted molar refractivity (Wildman–Crippen MR) is 26.0 cm³/mol. The zero-order valence-corrected chi connectivity index (χ0v) is 7.43. The molecule has 0 heterocycles. The maximum absolute atomic E-state index is 8.66. The molecule has 0 aromatic heterocycles. The zero-order valence-electron chi connectivity index (χ0n) is 3.33. The SMILES string of the molecule is O=P([O-])([O-])O.S.[Ca+2]. The van der Waals surface area contributed by atoms with Gasteiger partial charge in [0.15, 0.2) is 0 Å². The summed E-state index contributed by atoms with van der Waals surface area (Å²) < 4.78 is 8.66. The van der Waals surface area contributed by atoms with Crippen LogP contribution in [0, 0.1) is 0 Å². The van der Waals surface area contributed by atoms with Gasteiger partial charge in [0.05, 0.1) is 7.82 Å². The van der Waals surface area contributed by atoms with Crippen LogP contribution >= 0.6 is 21.3 Å². The van der Waals surface area contributed by atoms with Gasteiger partial charge in [0.25, 0.3) is 0 Å². The van der Waals surface area contributed by atoms with Gasteiger partial charge in [0.1, 0.15) is 0 Å². The van der Waals surface area contributed by atoms with Crippen molar-refractivity contribution < 1.29 is 19.2 Å². The minimum Gasteiger partial charge on any atom is -0.790 e. The molecule has 0 spiro atoms. The third kappa shape index (κ3) is 85.4. The molecule has 0 saturated heterocycles.